The number of H-pyrrole nitrogens is 1. The summed E-state index contributed by atoms with van der Waals surface area (Å²) in [5, 5.41) is 3.92. The van der Waals surface area contributed by atoms with Crippen molar-refractivity contribution < 1.29 is 9.53 Å². The van der Waals surface area contributed by atoms with Gasteiger partial charge in [-0.3, -0.25) is 0 Å². The van der Waals surface area contributed by atoms with Crippen LogP contribution in [0.4, 0.5) is 4.79 Å². The van der Waals surface area contributed by atoms with Crippen LogP contribution in [0, 0.1) is 6.92 Å². The zero-order valence-corrected chi connectivity index (χ0v) is 13.0. The molecule has 0 saturated carbocycles. The maximum Gasteiger partial charge on any atom is 0.407 e. The van der Waals surface area contributed by atoms with Crippen LogP contribution in [-0.4, -0.2) is 23.2 Å². The first-order chi connectivity index (χ1) is 9.87. The molecule has 0 fully saturated rings. The summed E-state index contributed by atoms with van der Waals surface area (Å²) in [7, 11) is 0. The van der Waals surface area contributed by atoms with E-state index in [0.29, 0.717) is 6.54 Å². The van der Waals surface area contributed by atoms with Crippen molar-refractivity contribution in [1.29, 1.82) is 0 Å². The largest absolute Gasteiger partial charge is 0.444 e. The molecule has 0 aliphatic carbocycles. The molecule has 1 aromatic heterocycles. The van der Waals surface area contributed by atoms with Gasteiger partial charge in [0.25, 0.3) is 0 Å². The van der Waals surface area contributed by atoms with Gasteiger partial charge in [-0.2, -0.15) is 0 Å². The SMILES string of the molecule is Cc1cccc2[nH]cc(C=CCNC(=O)OC(C)(C)C)c12. The van der Waals surface area contributed by atoms with E-state index in [9.17, 15) is 4.79 Å². The van der Waals surface area contributed by atoms with Gasteiger partial charge in [-0.1, -0.05) is 24.3 Å². The van der Waals surface area contributed by atoms with Gasteiger partial charge in [0.05, 0.1) is 0 Å². The molecule has 2 rings (SSSR count). The number of fused-ring (bicyclic) bond motifs is 1. The fourth-order valence-electron chi connectivity index (χ4n) is 2.17. The quantitative estimate of drug-likeness (QED) is 0.895. The molecule has 21 heavy (non-hydrogen) atoms. The molecule has 0 bridgehead atoms. The van der Waals surface area contributed by atoms with Crippen LogP contribution in [0.3, 0.4) is 0 Å². The predicted molar refractivity (Wildman–Crippen MR) is 86.3 cm³/mol. The van der Waals surface area contributed by atoms with E-state index in [1.54, 1.807) is 0 Å². The maximum atomic E-state index is 11.5. The van der Waals surface area contributed by atoms with Crippen LogP contribution in [0.25, 0.3) is 17.0 Å². The van der Waals surface area contributed by atoms with E-state index < -0.39 is 11.7 Å². The van der Waals surface area contributed by atoms with E-state index in [1.165, 1.54) is 10.9 Å². The Morgan fingerprint density at radius 2 is 2.14 bits per heavy atom. The third kappa shape index (κ3) is 4.12. The van der Waals surface area contributed by atoms with E-state index in [1.807, 2.05) is 45.2 Å². The fourth-order valence-corrected chi connectivity index (χ4v) is 2.17. The van der Waals surface area contributed by atoms with Crippen molar-refractivity contribution in [1.82, 2.24) is 10.3 Å². The van der Waals surface area contributed by atoms with Crippen molar-refractivity contribution in [2.45, 2.75) is 33.3 Å². The molecule has 2 aromatic rings. The minimum Gasteiger partial charge on any atom is -0.444 e. The number of ether oxygens (including phenoxy) is 1. The third-order valence-electron chi connectivity index (χ3n) is 3.01. The molecule has 1 heterocycles. The average molecular weight is 286 g/mol. The van der Waals surface area contributed by atoms with Gasteiger partial charge in [-0.05, 0) is 44.9 Å². The molecule has 0 saturated heterocycles. The van der Waals surface area contributed by atoms with Gasteiger partial charge in [-0.15, -0.1) is 0 Å². The molecule has 0 aliphatic rings. The van der Waals surface area contributed by atoms with Crippen molar-refractivity contribution in [2.75, 3.05) is 6.54 Å². The van der Waals surface area contributed by atoms with Crippen LogP contribution in [-0.2, 0) is 4.74 Å². The van der Waals surface area contributed by atoms with Crippen LogP contribution in [0.1, 0.15) is 31.9 Å². The number of aromatic amines is 1. The van der Waals surface area contributed by atoms with E-state index in [0.717, 1.165) is 11.1 Å². The van der Waals surface area contributed by atoms with Crippen molar-refractivity contribution in [3.8, 4) is 0 Å². The van der Waals surface area contributed by atoms with Crippen molar-refractivity contribution >= 4 is 23.1 Å². The number of amides is 1. The number of nitrogens with one attached hydrogen (secondary N) is 2. The minimum absolute atomic E-state index is 0.401. The Bertz CT molecular complexity index is 663. The monoisotopic (exact) mass is 286 g/mol. The number of carbonyl (C=O) groups is 1. The Morgan fingerprint density at radius 3 is 2.86 bits per heavy atom. The van der Waals surface area contributed by atoms with Crippen LogP contribution in [0.2, 0.25) is 0 Å². The number of hydrogen-bond donors (Lipinski definition) is 2. The average Bonchev–Trinajstić information content (AvgIpc) is 2.77. The molecule has 0 spiro atoms. The molecule has 2 N–H and O–H groups in total. The number of alkyl carbamates (subject to hydrolysis) is 1. The Kier molecular flexibility index (Phi) is 4.36. The molecule has 0 radical (unpaired) electrons. The van der Waals surface area contributed by atoms with Crippen molar-refractivity contribution in [2.24, 2.45) is 0 Å². The number of hydrogen-bond acceptors (Lipinski definition) is 2. The Morgan fingerprint density at radius 1 is 1.38 bits per heavy atom. The van der Waals surface area contributed by atoms with Crippen LogP contribution in [0.15, 0.2) is 30.5 Å². The summed E-state index contributed by atoms with van der Waals surface area (Å²) in [5.74, 6) is 0. The molecule has 1 amide bonds. The lowest BCUT2D eigenvalue weighted by Gasteiger charge is -2.19. The first-order valence-electron chi connectivity index (χ1n) is 7.07. The molecule has 1 aromatic carbocycles. The lowest BCUT2D eigenvalue weighted by Crippen LogP contribution is -2.32. The van der Waals surface area contributed by atoms with Crippen LogP contribution >= 0.6 is 0 Å². The second-order valence-electron chi connectivity index (χ2n) is 6.03. The zero-order chi connectivity index (χ0) is 15.5. The summed E-state index contributed by atoms with van der Waals surface area (Å²) >= 11 is 0. The summed E-state index contributed by atoms with van der Waals surface area (Å²) in [6.07, 6.45) is 5.49. The number of carbonyl (C=O) groups excluding carboxylic acids is 1. The zero-order valence-electron chi connectivity index (χ0n) is 13.0. The van der Waals surface area contributed by atoms with Gasteiger partial charge >= 0.3 is 6.09 Å². The van der Waals surface area contributed by atoms with E-state index in [2.05, 4.69) is 29.4 Å². The molecule has 0 atom stereocenters. The Balaban J connectivity index is 1.97. The minimum atomic E-state index is -0.470. The summed E-state index contributed by atoms with van der Waals surface area (Å²) in [5.41, 5.74) is 3.00. The summed E-state index contributed by atoms with van der Waals surface area (Å²) in [4.78, 5) is 14.8. The maximum absolute atomic E-state index is 11.5. The number of aryl methyl sites for hydroxylation is 1. The van der Waals surface area contributed by atoms with E-state index in [-0.39, 0.29) is 0 Å². The van der Waals surface area contributed by atoms with Gasteiger partial charge in [0, 0.05) is 23.6 Å². The molecular weight excluding hydrogens is 264 g/mol. The summed E-state index contributed by atoms with van der Waals surface area (Å²) in [6.45, 7) is 8.06. The molecule has 4 nitrogen and oxygen atoms in total. The highest BCUT2D eigenvalue weighted by atomic mass is 16.6. The van der Waals surface area contributed by atoms with Crippen LogP contribution in [0.5, 0.6) is 0 Å². The highest BCUT2D eigenvalue weighted by Crippen LogP contribution is 2.22. The normalized spacial score (nSPS) is 12.0. The first-order valence-corrected chi connectivity index (χ1v) is 7.07. The lowest BCUT2D eigenvalue weighted by atomic mass is 10.1. The van der Waals surface area contributed by atoms with E-state index in [4.69, 9.17) is 4.74 Å². The topological polar surface area (TPSA) is 54.1 Å². The highest BCUT2D eigenvalue weighted by molar-refractivity contribution is 5.91. The number of aromatic nitrogens is 1. The fraction of sp³-hybridized carbons (Fsp3) is 0.353. The third-order valence-corrected chi connectivity index (χ3v) is 3.01. The van der Waals surface area contributed by atoms with Crippen LogP contribution < -0.4 is 5.32 Å². The van der Waals surface area contributed by atoms with Gasteiger partial charge in [0.15, 0.2) is 0 Å². The standard InChI is InChI=1S/C17H22N2O2/c1-12-7-5-9-14-15(12)13(11-19-14)8-6-10-18-16(20)21-17(2,3)4/h5-9,11,19H,10H2,1-4H3,(H,18,20). The molecule has 0 aliphatic heterocycles. The van der Waals surface area contributed by atoms with Gasteiger partial charge in [-0.25, -0.2) is 4.79 Å². The summed E-state index contributed by atoms with van der Waals surface area (Å²) in [6, 6.07) is 6.18. The second kappa shape index (κ2) is 6.04. The predicted octanol–water partition coefficient (Wildman–Crippen LogP) is 4.01. The van der Waals surface area contributed by atoms with Crippen molar-refractivity contribution in [3.63, 3.8) is 0 Å². The number of benzene rings is 1. The van der Waals surface area contributed by atoms with Gasteiger partial charge in [0.1, 0.15) is 5.60 Å². The smallest absolute Gasteiger partial charge is 0.407 e. The summed E-state index contributed by atoms with van der Waals surface area (Å²) < 4.78 is 5.17. The first kappa shape index (κ1) is 15.2. The second-order valence-corrected chi connectivity index (χ2v) is 6.03. The van der Waals surface area contributed by atoms with Gasteiger partial charge < -0.3 is 15.0 Å². The molecule has 4 heteroatoms. The Hall–Kier alpha value is -2.23. The molecule has 0 unspecified atom stereocenters. The van der Waals surface area contributed by atoms with Gasteiger partial charge in [0.2, 0.25) is 0 Å². The number of rotatable bonds is 3. The van der Waals surface area contributed by atoms with Crippen molar-refractivity contribution in [3.05, 3.63) is 41.6 Å². The molecular formula is C17H22N2O2. The lowest BCUT2D eigenvalue weighted by molar-refractivity contribution is 0.0534. The van der Waals surface area contributed by atoms with E-state index >= 15 is 0 Å². The molecule has 112 valence electrons. The Labute approximate surface area is 125 Å². The highest BCUT2D eigenvalue weighted by Gasteiger charge is 2.15.